The second kappa shape index (κ2) is 8.79. The highest BCUT2D eigenvalue weighted by Gasteiger charge is 2.32. The molecule has 2 heterocycles. The Labute approximate surface area is 168 Å². The first kappa shape index (κ1) is 19.7. The smallest absolute Gasteiger partial charge is 0.325 e. The lowest BCUT2D eigenvalue weighted by Gasteiger charge is -2.29. The molecule has 10 heteroatoms. The van der Waals surface area contributed by atoms with Gasteiger partial charge in [-0.15, -0.1) is 5.10 Å². The average molecular weight is 402 g/mol. The SMILES string of the molecule is CCOC(=O)CNC(=S)N1CCCN1C(=O)c1nn(-c2ccccc2)nc1C. The monoisotopic (exact) mass is 402 g/mol. The van der Waals surface area contributed by atoms with Gasteiger partial charge < -0.3 is 10.1 Å². The molecule has 1 aromatic heterocycles. The second-order valence-electron chi connectivity index (χ2n) is 6.13. The predicted molar refractivity (Wildman–Crippen MR) is 106 cm³/mol. The maximum atomic E-state index is 13.1. The summed E-state index contributed by atoms with van der Waals surface area (Å²) in [4.78, 5) is 26.0. The lowest BCUT2D eigenvalue weighted by atomic mass is 10.3. The summed E-state index contributed by atoms with van der Waals surface area (Å²) in [5.74, 6) is -0.680. The van der Waals surface area contributed by atoms with E-state index in [-0.39, 0.29) is 18.1 Å². The van der Waals surface area contributed by atoms with Crippen molar-refractivity contribution in [2.75, 3.05) is 26.2 Å². The first-order valence-corrected chi connectivity index (χ1v) is 9.44. The van der Waals surface area contributed by atoms with Crippen LogP contribution < -0.4 is 5.32 Å². The predicted octanol–water partition coefficient (Wildman–Crippen LogP) is 1.08. The molecule has 1 aliphatic rings. The molecule has 28 heavy (non-hydrogen) atoms. The van der Waals surface area contributed by atoms with Gasteiger partial charge in [0.05, 0.1) is 18.0 Å². The van der Waals surface area contributed by atoms with Crippen LogP contribution in [0.15, 0.2) is 30.3 Å². The van der Waals surface area contributed by atoms with Crippen LogP contribution in [-0.2, 0) is 9.53 Å². The minimum Gasteiger partial charge on any atom is -0.465 e. The van der Waals surface area contributed by atoms with Crippen molar-refractivity contribution >= 4 is 29.2 Å². The quantitative estimate of drug-likeness (QED) is 0.587. The lowest BCUT2D eigenvalue weighted by Crippen LogP contribution is -2.50. The molecule has 1 aliphatic heterocycles. The van der Waals surface area contributed by atoms with Crippen molar-refractivity contribution in [3.05, 3.63) is 41.7 Å². The zero-order valence-corrected chi connectivity index (χ0v) is 16.6. The first-order chi connectivity index (χ1) is 13.5. The third kappa shape index (κ3) is 4.28. The van der Waals surface area contributed by atoms with Gasteiger partial charge in [0.1, 0.15) is 6.54 Å². The Kier molecular flexibility index (Phi) is 6.19. The highest BCUT2D eigenvalue weighted by Crippen LogP contribution is 2.17. The van der Waals surface area contributed by atoms with Crippen LogP contribution in [0.3, 0.4) is 0 Å². The molecule has 3 rings (SSSR count). The molecular formula is C18H22N6O3S. The van der Waals surface area contributed by atoms with E-state index in [4.69, 9.17) is 17.0 Å². The van der Waals surface area contributed by atoms with Gasteiger partial charge >= 0.3 is 5.97 Å². The van der Waals surface area contributed by atoms with E-state index in [0.29, 0.717) is 30.5 Å². The number of amides is 1. The van der Waals surface area contributed by atoms with E-state index in [1.54, 1.807) is 18.9 Å². The number of rotatable bonds is 5. The lowest BCUT2D eigenvalue weighted by molar-refractivity contribution is -0.141. The summed E-state index contributed by atoms with van der Waals surface area (Å²) in [6.07, 6.45) is 0.763. The number of aryl methyl sites for hydroxylation is 1. The van der Waals surface area contributed by atoms with E-state index in [9.17, 15) is 9.59 Å². The molecule has 9 nitrogen and oxygen atoms in total. The second-order valence-corrected chi connectivity index (χ2v) is 6.51. The van der Waals surface area contributed by atoms with Crippen molar-refractivity contribution in [3.63, 3.8) is 0 Å². The number of carbonyl (C=O) groups excluding carboxylic acids is 2. The van der Waals surface area contributed by atoms with Gasteiger partial charge in [-0.1, -0.05) is 18.2 Å². The molecule has 1 N–H and O–H groups in total. The number of benzene rings is 1. The molecule has 0 aliphatic carbocycles. The van der Waals surface area contributed by atoms with Crippen LogP contribution in [0.25, 0.3) is 5.69 Å². The van der Waals surface area contributed by atoms with E-state index < -0.39 is 5.97 Å². The molecule has 0 saturated carbocycles. The van der Waals surface area contributed by atoms with Crippen molar-refractivity contribution in [1.82, 2.24) is 30.3 Å². The number of ether oxygens (including phenoxy) is 1. The summed E-state index contributed by atoms with van der Waals surface area (Å²) in [7, 11) is 0. The van der Waals surface area contributed by atoms with Crippen LogP contribution in [0.2, 0.25) is 0 Å². The summed E-state index contributed by atoms with van der Waals surface area (Å²) in [5, 5.41) is 15.0. The number of hydrogen-bond acceptors (Lipinski definition) is 6. The van der Waals surface area contributed by atoms with E-state index in [0.717, 1.165) is 12.1 Å². The van der Waals surface area contributed by atoms with E-state index in [1.165, 1.54) is 9.81 Å². The Morgan fingerprint density at radius 1 is 1.18 bits per heavy atom. The fourth-order valence-corrected chi connectivity index (χ4v) is 3.12. The van der Waals surface area contributed by atoms with Crippen molar-refractivity contribution in [2.45, 2.75) is 20.3 Å². The maximum absolute atomic E-state index is 13.1. The topological polar surface area (TPSA) is 92.6 Å². The number of hydrazine groups is 1. The Hall–Kier alpha value is -3.01. The van der Waals surface area contributed by atoms with Crippen LogP contribution in [0.5, 0.6) is 0 Å². The largest absolute Gasteiger partial charge is 0.465 e. The molecule has 2 aromatic rings. The minimum atomic E-state index is -0.399. The van der Waals surface area contributed by atoms with Gasteiger partial charge in [0.25, 0.3) is 5.91 Å². The number of thiocarbonyl (C=S) groups is 1. The Morgan fingerprint density at radius 3 is 2.61 bits per heavy atom. The summed E-state index contributed by atoms with van der Waals surface area (Å²) in [6, 6.07) is 9.39. The third-order valence-corrected chi connectivity index (χ3v) is 4.52. The van der Waals surface area contributed by atoms with Gasteiger partial charge in [-0.2, -0.15) is 9.90 Å². The Balaban J connectivity index is 1.72. The summed E-state index contributed by atoms with van der Waals surface area (Å²) in [5.41, 5.74) is 1.57. The highest BCUT2D eigenvalue weighted by atomic mass is 32.1. The third-order valence-electron chi connectivity index (χ3n) is 4.16. The number of esters is 1. The van der Waals surface area contributed by atoms with Crippen LogP contribution >= 0.6 is 12.2 Å². The number of para-hydroxylation sites is 1. The zero-order chi connectivity index (χ0) is 20.1. The van der Waals surface area contributed by atoms with Gasteiger partial charge in [-0.05, 0) is 44.6 Å². The van der Waals surface area contributed by atoms with Gasteiger partial charge in [-0.3, -0.25) is 14.6 Å². The first-order valence-electron chi connectivity index (χ1n) is 9.03. The van der Waals surface area contributed by atoms with Crippen LogP contribution in [-0.4, -0.2) is 68.2 Å². The van der Waals surface area contributed by atoms with Crippen molar-refractivity contribution in [3.8, 4) is 5.69 Å². The minimum absolute atomic E-state index is 0.0472. The maximum Gasteiger partial charge on any atom is 0.325 e. The standard InChI is InChI=1S/C18H22N6O3S/c1-3-27-15(25)12-19-18(28)23-11-7-10-22(23)17(26)16-13(2)20-24(21-16)14-8-5-4-6-9-14/h4-6,8-9H,3,7,10-12H2,1-2H3,(H,19,28). The molecular weight excluding hydrogens is 380 g/mol. The van der Waals surface area contributed by atoms with E-state index in [2.05, 4.69) is 15.5 Å². The molecule has 0 radical (unpaired) electrons. The number of nitrogens with zero attached hydrogens (tertiary/aromatic N) is 5. The summed E-state index contributed by atoms with van der Waals surface area (Å²) >= 11 is 5.35. The molecule has 1 fully saturated rings. The van der Waals surface area contributed by atoms with Crippen molar-refractivity contribution < 1.29 is 14.3 Å². The van der Waals surface area contributed by atoms with Gasteiger partial charge in [0, 0.05) is 13.1 Å². The molecule has 0 bridgehead atoms. The Bertz CT molecular complexity index is 869. The van der Waals surface area contributed by atoms with Crippen LogP contribution in [0, 0.1) is 6.92 Å². The van der Waals surface area contributed by atoms with Gasteiger partial charge in [0.2, 0.25) is 0 Å². The van der Waals surface area contributed by atoms with Gasteiger partial charge in [0.15, 0.2) is 10.8 Å². The zero-order valence-electron chi connectivity index (χ0n) is 15.8. The highest BCUT2D eigenvalue weighted by molar-refractivity contribution is 7.80. The normalized spacial score (nSPS) is 13.5. The summed E-state index contributed by atoms with van der Waals surface area (Å²) < 4.78 is 4.88. The molecule has 0 spiro atoms. The van der Waals surface area contributed by atoms with Crippen LogP contribution in [0.4, 0.5) is 0 Å². The number of aromatic nitrogens is 3. The molecule has 1 amide bonds. The Morgan fingerprint density at radius 2 is 1.89 bits per heavy atom. The average Bonchev–Trinajstić information content (AvgIpc) is 3.33. The fraction of sp³-hybridized carbons (Fsp3) is 0.389. The summed E-state index contributed by atoms with van der Waals surface area (Å²) in [6.45, 7) is 4.83. The number of carbonyl (C=O) groups is 2. The molecule has 0 atom stereocenters. The van der Waals surface area contributed by atoms with E-state index in [1.807, 2.05) is 30.3 Å². The number of hydrogen-bond donors (Lipinski definition) is 1. The van der Waals surface area contributed by atoms with E-state index >= 15 is 0 Å². The van der Waals surface area contributed by atoms with Crippen molar-refractivity contribution in [1.29, 1.82) is 0 Å². The molecule has 0 unspecified atom stereocenters. The van der Waals surface area contributed by atoms with Crippen LogP contribution in [0.1, 0.15) is 29.5 Å². The molecule has 1 saturated heterocycles. The fourth-order valence-electron chi connectivity index (χ4n) is 2.86. The van der Waals surface area contributed by atoms with Crippen molar-refractivity contribution in [2.24, 2.45) is 0 Å². The molecule has 1 aromatic carbocycles. The number of nitrogens with one attached hydrogen (secondary N) is 1. The molecule has 148 valence electrons. The van der Waals surface area contributed by atoms with Gasteiger partial charge in [-0.25, -0.2) is 5.01 Å².